The third-order valence-corrected chi connectivity index (χ3v) is 3.39. The van der Waals surface area contributed by atoms with Gasteiger partial charge in [0.15, 0.2) is 0 Å². The standard InChI is InChI=1S/C15H23BrN2O/c1-10(2)8-18(9-11(3)4)15(19)12-5-6-14(17)13(16)7-12/h5-7,10-11H,8-9,17H2,1-4H3. The lowest BCUT2D eigenvalue weighted by molar-refractivity contribution is 0.0715. The number of rotatable bonds is 5. The summed E-state index contributed by atoms with van der Waals surface area (Å²) >= 11 is 3.37. The highest BCUT2D eigenvalue weighted by atomic mass is 79.9. The molecule has 1 aromatic carbocycles. The second kappa shape index (κ2) is 6.94. The number of nitrogens with two attached hydrogens (primary N) is 1. The zero-order valence-electron chi connectivity index (χ0n) is 12.1. The molecule has 0 radical (unpaired) electrons. The fourth-order valence-corrected chi connectivity index (χ4v) is 2.34. The van der Waals surface area contributed by atoms with Crippen LogP contribution < -0.4 is 5.73 Å². The molecule has 4 heteroatoms. The molecule has 106 valence electrons. The molecule has 0 spiro atoms. The number of halogens is 1. The summed E-state index contributed by atoms with van der Waals surface area (Å²) < 4.78 is 0.771. The Morgan fingerprint density at radius 1 is 1.21 bits per heavy atom. The van der Waals surface area contributed by atoms with E-state index in [9.17, 15) is 4.79 Å². The highest BCUT2D eigenvalue weighted by Gasteiger charge is 2.18. The van der Waals surface area contributed by atoms with Crippen LogP contribution in [-0.4, -0.2) is 23.9 Å². The molecule has 3 nitrogen and oxygen atoms in total. The second-order valence-electron chi connectivity index (χ2n) is 5.73. The average Bonchev–Trinajstić information content (AvgIpc) is 2.29. The van der Waals surface area contributed by atoms with Gasteiger partial charge in [-0.1, -0.05) is 27.7 Å². The van der Waals surface area contributed by atoms with Crippen molar-refractivity contribution in [2.75, 3.05) is 18.8 Å². The molecule has 0 aliphatic heterocycles. The van der Waals surface area contributed by atoms with Gasteiger partial charge in [0.25, 0.3) is 5.91 Å². The Morgan fingerprint density at radius 2 is 1.74 bits per heavy atom. The highest BCUT2D eigenvalue weighted by molar-refractivity contribution is 9.10. The Morgan fingerprint density at radius 3 is 2.16 bits per heavy atom. The Bertz CT molecular complexity index is 434. The summed E-state index contributed by atoms with van der Waals surface area (Å²) in [5.41, 5.74) is 7.09. The van der Waals surface area contributed by atoms with E-state index in [1.54, 1.807) is 18.2 Å². The van der Waals surface area contributed by atoms with E-state index >= 15 is 0 Å². The van der Waals surface area contributed by atoms with Crippen molar-refractivity contribution in [3.8, 4) is 0 Å². The molecule has 0 aliphatic carbocycles. The van der Waals surface area contributed by atoms with Gasteiger partial charge in [-0.3, -0.25) is 4.79 Å². The molecule has 0 atom stereocenters. The first kappa shape index (κ1) is 16.0. The number of anilines is 1. The molecule has 0 heterocycles. The first-order chi connectivity index (χ1) is 8.81. The molecule has 0 aliphatic rings. The minimum absolute atomic E-state index is 0.0723. The number of hydrogen-bond acceptors (Lipinski definition) is 2. The van der Waals surface area contributed by atoms with Gasteiger partial charge in [-0.25, -0.2) is 0 Å². The molecular weight excluding hydrogens is 304 g/mol. The van der Waals surface area contributed by atoms with E-state index in [2.05, 4.69) is 43.6 Å². The first-order valence-corrected chi connectivity index (χ1v) is 7.44. The fraction of sp³-hybridized carbons (Fsp3) is 0.533. The second-order valence-corrected chi connectivity index (χ2v) is 6.59. The van der Waals surface area contributed by atoms with Crippen LogP contribution in [0.25, 0.3) is 0 Å². The van der Waals surface area contributed by atoms with Gasteiger partial charge in [0, 0.05) is 28.8 Å². The lowest BCUT2D eigenvalue weighted by Crippen LogP contribution is -2.37. The molecule has 0 unspecified atom stereocenters. The van der Waals surface area contributed by atoms with Crippen molar-refractivity contribution in [1.82, 2.24) is 4.90 Å². The molecule has 2 N–H and O–H groups in total. The Labute approximate surface area is 124 Å². The van der Waals surface area contributed by atoms with E-state index in [1.165, 1.54) is 0 Å². The van der Waals surface area contributed by atoms with Crippen molar-refractivity contribution in [2.24, 2.45) is 11.8 Å². The van der Waals surface area contributed by atoms with Crippen LogP contribution in [0.3, 0.4) is 0 Å². The topological polar surface area (TPSA) is 46.3 Å². The maximum absolute atomic E-state index is 12.5. The van der Waals surface area contributed by atoms with Crippen molar-refractivity contribution in [3.05, 3.63) is 28.2 Å². The lowest BCUT2D eigenvalue weighted by Gasteiger charge is -2.26. The van der Waals surface area contributed by atoms with Crippen LogP contribution in [0.4, 0.5) is 5.69 Å². The monoisotopic (exact) mass is 326 g/mol. The smallest absolute Gasteiger partial charge is 0.253 e. The molecule has 1 amide bonds. The van der Waals surface area contributed by atoms with Gasteiger partial charge < -0.3 is 10.6 Å². The minimum atomic E-state index is 0.0723. The van der Waals surface area contributed by atoms with Gasteiger partial charge in [-0.15, -0.1) is 0 Å². The molecular formula is C15H23BrN2O. The number of hydrogen-bond donors (Lipinski definition) is 1. The quantitative estimate of drug-likeness (QED) is 0.837. The molecule has 0 aromatic heterocycles. The predicted molar refractivity (Wildman–Crippen MR) is 84.1 cm³/mol. The maximum Gasteiger partial charge on any atom is 0.253 e. The number of nitrogens with zero attached hydrogens (tertiary/aromatic N) is 1. The molecule has 0 saturated heterocycles. The minimum Gasteiger partial charge on any atom is -0.398 e. The molecule has 0 saturated carbocycles. The first-order valence-electron chi connectivity index (χ1n) is 6.65. The summed E-state index contributed by atoms with van der Waals surface area (Å²) in [6.45, 7) is 10.1. The van der Waals surface area contributed by atoms with Crippen LogP contribution in [0.1, 0.15) is 38.1 Å². The third kappa shape index (κ3) is 4.86. The van der Waals surface area contributed by atoms with E-state index in [0.29, 0.717) is 23.1 Å². The molecule has 0 fully saturated rings. The maximum atomic E-state index is 12.5. The number of carbonyl (C=O) groups excluding carboxylic acids is 1. The summed E-state index contributed by atoms with van der Waals surface area (Å²) in [6, 6.07) is 5.35. The predicted octanol–water partition coefficient (Wildman–Crippen LogP) is 3.79. The van der Waals surface area contributed by atoms with E-state index in [1.807, 2.05) is 4.90 Å². The molecule has 19 heavy (non-hydrogen) atoms. The zero-order valence-corrected chi connectivity index (χ0v) is 13.7. The summed E-state index contributed by atoms with van der Waals surface area (Å²) in [5.74, 6) is 0.989. The van der Waals surface area contributed by atoms with Gasteiger partial charge in [0.1, 0.15) is 0 Å². The van der Waals surface area contributed by atoms with Crippen LogP contribution in [0.2, 0.25) is 0 Å². The fourth-order valence-electron chi connectivity index (χ4n) is 1.96. The van der Waals surface area contributed by atoms with E-state index in [-0.39, 0.29) is 5.91 Å². The van der Waals surface area contributed by atoms with Gasteiger partial charge in [-0.05, 0) is 46.0 Å². The number of amides is 1. The molecule has 1 rings (SSSR count). The SMILES string of the molecule is CC(C)CN(CC(C)C)C(=O)c1ccc(N)c(Br)c1. The number of nitrogen functional groups attached to an aromatic ring is 1. The van der Waals surface area contributed by atoms with Crippen LogP contribution >= 0.6 is 15.9 Å². The summed E-state index contributed by atoms with van der Waals surface area (Å²) in [7, 11) is 0. The van der Waals surface area contributed by atoms with E-state index < -0.39 is 0 Å². The van der Waals surface area contributed by atoms with Crippen molar-refractivity contribution in [1.29, 1.82) is 0 Å². The zero-order chi connectivity index (χ0) is 14.6. The third-order valence-electron chi connectivity index (χ3n) is 2.71. The Hall–Kier alpha value is -1.03. The summed E-state index contributed by atoms with van der Waals surface area (Å²) in [6.07, 6.45) is 0. The van der Waals surface area contributed by atoms with Crippen LogP contribution in [-0.2, 0) is 0 Å². The van der Waals surface area contributed by atoms with Crippen molar-refractivity contribution >= 4 is 27.5 Å². The van der Waals surface area contributed by atoms with Gasteiger partial charge >= 0.3 is 0 Å². The van der Waals surface area contributed by atoms with Gasteiger partial charge in [0.2, 0.25) is 0 Å². The van der Waals surface area contributed by atoms with Crippen molar-refractivity contribution in [3.63, 3.8) is 0 Å². The largest absolute Gasteiger partial charge is 0.398 e. The summed E-state index contributed by atoms with van der Waals surface area (Å²) in [4.78, 5) is 14.5. The Balaban J connectivity index is 2.94. The van der Waals surface area contributed by atoms with Crippen molar-refractivity contribution < 1.29 is 4.79 Å². The van der Waals surface area contributed by atoms with Crippen molar-refractivity contribution in [2.45, 2.75) is 27.7 Å². The van der Waals surface area contributed by atoms with Gasteiger partial charge in [-0.2, -0.15) is 0 Å². The molecule has 0 bridgehead atoms. The molecule has 1 aromatic rings. The van der Waals surface area contributed by atoms with Crippen LogP contribution in [0.5, 0.6) is 0 Å². The summed E-state index contributed by atoms with van der Waals surface area (Å²) in [5, 5.41) is 0. The average molecular weight is 327 g/mol. The van der Waals surface area contributed by atoms with Crippen LogP contribution in [0.15, 0.2) is 22.7 Å². The van der Waals surface area contributed by atoms with E-state index in [4.69, 9.17) is 5.73 Å². The highest BCUT2D eigenvalue weighted by Crippen LogP contribution is 2.21. The van der Waals surface area contributed by atoms with Crippen LogP contribution in [0, 0.1) is 11.8 Å². The lowest BCUT2D eigenvalue weighted by atomic mass is 10.1. The number of benzene rings is 1. The Kier molecular flexibility index (Phi) is 5.85. The number of carbonyl (C=O) groups is 1. The van der Waals surface area contributed by atoms with Gasteiger partial charge in [0.05, 0.1) is 0 Å². The van der Waals surface area contributed by atoms with E-state index in [0.717, 1.165) is 17.6 Å². The normalized spacial score (nSPS) is 11.1.